The molecule has 0 aromatic carbocycles. The third-order valence-electron chi connectivity index (χ3n) is 1.33. The molecule has 0 aromatic rings. The predicted molar refractivity (Wildman–Crippen MR) is 44.2 cm³/mol. The normalized spacial score (nSPS) is 10.9. The Morgan fingerprint density at radius 2 is 1.90 bits per heavy atom. The summed E-state index contributed by atoms with van der Waals surface area (Å²) in [5.74, 6) is 0. The smallest absolute Gasteiger partial charge is 0.131 e. The van der Waals surface area contributed by atoms with Gasteiger partial charge in [0.05, 0.1) is 5.71 Å². The van der Waals surface area contributed by atoms with E-state index < -0.39 is 0 Å². The lowest BCUT2D eigenvalue weighted by Crippen LogP contribution is -2.20. The Kier molecular flexibility index (Phi) is 3.40. The van der Waals surface area contributed by atoms with Crippen LogP contribution in [-0.2, 0) is 4.84 Å². The molecule has 0 spiro atoms. The van der Waals surface area contributed by atoms with Gasteiger partial charge in [-0.05, 0) is 34.1 Å². The Labute approximate surface area is 63.3 Å². The lowest BCUT2D eigenvalue weighted by Gasteiger charge is -2.19. The molecule has 0 fully saturated rings. The number of rotatable bonds is 3. The second kappa shape index (κ2) is 3.59. The molecular weight excluding hydrogens is 126 g/mol. The van der Waals surface area contributed by atoms with Gasteiger partial charge >= 0.3 is 0 Å². The topological polar surface area (TPSA) is 21.6 Å². The molecule has 0 rings (SSSR count). The highest BCUT2D eigenvalue weighted by molar-refractivity contribution is 5.78. The average molecular weight is 143 g/mol. The molecular formula is C8H17NO. The molecule has 0 radical (unpaired) electrons. The summed E-state index contributed by atoms with van der Waals surface area (Å²) >= 11 is 0. The number of hydrogen-bond donors (Lipinski definition) is 0. The van der Waals surface area contributed by atoms with E-state index in [0.717, 1.165) is 12.1 Å². The van der Waals surface area contributed by atoms with Crippen molar-refractivity contribution in [3.8, 4) is 0 Å². The molecule has 0 heterocycles. The maximum atomic E-state index is 5.23. The molecule has 0 atom stereocenters. The minimum atomic E-state index is -0.114. The van der Waals surface area contributed by atoms with Crippen LogP contribution >= 0.6 is 0 Å². The second-order valence-corrected chi connectivity index (χ2v) is 3.24. The van der Waals surface area contributed by atoms with E-state index in [1.165, 1.54) is 0 Å². The lowest BCUT2D eigenvalue weighted by atomic mass is 10.1. The van der Waals surface area contributed by atoms with Gasteiger partial charge in [0.1, 0.15) is 5.60 Å². The van der Waals surface area contributed by atoms with Crippen LogP contribution < -0.4 is 0 Å². The summed E-state index contributed by atoms with van der Waals surface area (Å²) in [6.45, 7) is 9.98. The first-order valence-electron chi connectivity index (χ1n) is 3.67. The molecule has 10 heavy (non-hydrogen) atoms. The highest BCUT2D eigenvalue weighted by atomic mass is 16.6. The third-order valence-corrected chi connectivity index (χ3v) is 1.33. The average Bonchev–Trinajstić information content (AvgIpc) is 1.85. The Morgan fingerprint density at radius 3 is 2.20 bits per heavy atom. The summed E-state index contributed by atoms with van der Waals surface area (Å²) in [7, 11) is 0. The molecule has 2 heteroatoms. The minimum absolute atomic E-state index is 0.114. The summed E-state index contributed by atoms with van der Waals surface area (Å²) in [6, 6.07) is 0. The van der Waals surface area contributed by atoms with Crippen molar-refractivity contribution in [3.05, 3.63) is 0 Å². The first-order chi connectivity index (χ1) is 4.48. The van der Waals surface area contributed by atoms with Gasteiger partial charge in [0, 0.05) is 0 Å². The largest absolute Gasteiger partial charge is 0.390 e. The Balaban J connectivity index is 3.78. The van der Waals surface area contributed by atoms with Crippen LogP contribution in [0.2, 0.25) is 0 Å². The van der Waals surface area contributed by atoms with Crippen molar-refractivity contribution in [2.24, 2.45) is 5.16 Å². The zero-order chi connectivity index (χ0) is 8.20. The summed E-state index contributed by atoms with van der Waals surface area (Å²) in [4.78, 5) is 5.23. The molecule has 60 valence electrons. The van der Waals surface area contributed by atoms with Crippen molar-refractivity contribution in [1.29, 1.82) is 0 Å². The fraction of sp³-hybridized carbons (Fsp3) is 0.875. The van der Waals surface area contributed by atoms with Gasteiger partial charge in [0.15, 0.2) is 0 Å². The van der Waals surface area contributed by atoms with Crippen molar-refractivity contribution in [3.63, 3.8) is 0 Å². The van der Waals surface area contributed by atoms with E-state index in [9.17, 15) is 0 Å². The van der Waals surface area contributed by atoms with Crippen LogP contribution in [0.25, 0.3) is 0 Å². The van der Waals surface area contributed by atoms with E-state index in [1.54, 1.807) is 0 Å². The zero-order valence-electron chi connectivity index (χ0n) is 7.56. The zero-order valence-corrected chi connectivity index (χ0v) is 7.56. The first-order valence-corrected chi connectivity index (χ1v) is 3.67. The summed E-state index contributed by atoms with van der Waals surface area (Å²) < 4.78 is 0. The molecule has 0 amide bonds. The van der Waals surface area contributed by atoms with E-state index in [-0.39, 0.29) is 5.60 Å². The molecule has 0 N–H and O–H groups in total. The maximum absolute atomic E-state index is 5.23. The monoisotopic (exact) mass is 143 g/mol. The van der Waals surface area contributed by atoms with Gasteiger partial charge in [-0.2, -0.15) is 0 Å². The van der Waals surface area contributed by atoms with Crippen molar-refractivity contribution in [1.82, 2.24) is 0 Å². The maximum Gasteiger partial charge on any atom is 0.131 e. The van der Waals surface area contributed by atoms with Gasteiger partial charge in [-0.15, -0.1) is 0 Å². The fourth-order valence-corrected chi connectivity index (χ4v) is 0.279. The molecule has 0 aliphatic heterocycles. The Morgan fingerprint density at radius 1 is 1.40 bits per heavy atom. The molecule has 0 saturated carbocycles. The van der Waals surface area contributed by atoms with Crippen LogP contribution in [0.3, 0.4) is 0 Å². The number of hydrogen-bond acceptors (Lipinski definition) is 2. The van der Waals surface area contributed by atoms with E-state index in [0.29, 0.717) is 0 Å². The highest BCUT2D eigenvalue weighted by Crippen LogP contribution is 2.13. The first kappa shape index (κ1) is 9.47. The van der Waals surface area contributed by atoms with Crippen molar-refractivity contribution >= 4 is 5.71 Å². The minimum Gasteiger partial charge on any atom is -0.390 e. The molecule has 0 unspecified atom stereocenters. The highest BCUT2D eigenvalue weighted by Gasteiger charge is 2.15. The van der Waals surface area contributed by atoms with Gasteiger partial charge in [-0.3, -0.25) is 0 Å². The number of oxime groups is 1. The SMILES string of the molecule is CCC(C)(C)ON=C(C)C. The molecule has 2 nitrogen and oxygen atoms in total. The fourth-order valence-electron chi connectivity index (χ4n) is 0.279. The summed E-state index contributed by atoms with van der Waals surface area (Å²) in [5.41, 5.74) is 0.846. The van der Waals surface area contributed by atoms with E-state index in [4.69, 9.17) is 4.84 Å². The third kappa shape index (κ3) is 4.36. The van der Waals surface area contributed by atoms with Crippen molar-refractivity contribution in [2.45, 2.75) is 46.6 Å². The van der Waals surface area contributed by atoms with Gasteiger partial charge in [0.2, 0.25) is 0 Å². The van der Waals surface area contributed by atoms with Crippen LogP contribution in [0.15, 0.2) is 5.16 Å². The van der Waals surface area contributed by atoms with E-state index >= 15 is 0 Å². The standard InChI is InChI=1S/C8H17NO/c1-6-8(4,5)10-9-7(2)3/h6H2,1-5H3. The number of nitrogens with zero attached hydrogens (tertiary/aromatic N) is 1. The molecule has 0 aliphatic rings. The van der Waals surface area contributed by atoms with Gasteiger partial charge < -0.3 is 4.84 Å². The second-order valence-electron chi connectivity index (χ2n) is 3.24. The van der Waals surface area contributed by atoms with E-state index in [2.05, 4.69) is 12.1 Å². The molecule has 0 saturated heterocycles. The van der Waals surface area contributed by atoms with Gasteiger partial charge in [-0.25, -0.2) is 0 Å². The van der Waals surface area contributed by atoms with Crippen LogP contribution in [0.4, 0.5) is 0 Å². The lowest BCUT2D eigenvalue weighted by molar-refractivity contribution is -0.0170. The van der Waals surface area contributed by atoms with E-state index in [1.807, 2.05) is 27.7 Å². The quantitative estimate of drug-likeness (QED) is 0.439. The van der Waals surface area contributed by atoms with Crippen molar-refractivity contribution < 1.29 is 4.84 Å². The van der Waals surface area contributed by atoms with Crippen LogP contribution in [0.5, 0.6) is 0 Å². The Hall–Kier alpha value is -0.530. The summed E-state index contributed by atoms with van der Waals surface area (Å²) in [6.07, 6.45) is 0.976. The van der Waals surface area contributed by atoms with Gasteiger partial charge in [0.25, 0.3) is 0 Å². The molecule has 0 aliphatic carbocycles. The Bertz CT molecular complexity index is 123. The summed E-state index contributed by atoms with van der Waals surface area (Å²) in [5, 5.41) is 3.88. The van der Waals surface area contributed by atoms with Gasteiger partial charge in [-0.1, -0.05) is 12.1 Å². The van der Waals surface area contributed by atoms with Crippen LogP contribution in [0, 0.1) is 0 Å². The van der Waals surface area contributed by atoms with Crippen LogP contribution in [0.1, 0.15) is 41.0 Å². The van der Waals surface area contributed by atoms with Crippen molar-refractivity contribution in [2.75, 3.05) is 0 Å². The molecule has 0 bridgehead atoms. The predicted octanol–water partition coefficient (Wildman–Crippen LogP) is 2.59. The molecule has 0 aromatic heterocycles. The van der Waals surface area contributed by atoms with Crippen LogP contribution in [-0.4, -0.2) is 11.3 Å².